The summed E-state index contributed by atoms with van der Waals surface area (Å²) in [5.74, 6) is -0.884. The smallest absolute Gasteiger partial charge is 0.305 e. The van der Waals surface area contributed by atoms with Crippen LogP contribution in [0.3, 0.4) is 0 Å². The van der Waals surface area contributed by atoms with Crippen LogP contribution in [-0.2, 0) is 9.59 Å². The van der Waals surface area contributed by atoms with Gasteiger partial charge in [-0.2, -0.15) is 0 Å². The number of rotatable bonds is 7. The maximum absolute atomic E-state index is 12.6. The second-order valence-corrected chi connectivity index (χ2v) is 7.15. The molecule has 1 unspecified atom stereocenters. The predicted octanol–water partition coefficient (Wildman–Crippen LogP) is 3.46. The van der Waals surface area contributed by atoms with E-state index in [9.17, 15) is 9.59 Å². The van der Waals surface area contributed by atoms with E-state index in [0.717, 1.165) is 30.6 Å². The monoisotopic (exact) mass is 321 g/mol. The summed E-state index contributed by atoms with van der Waals surface area (Å²) in [5.41, 5.74) is -0.548. The molecule has 1 aliphatic rings. The van der Waals surface area contributed by atoms with Crippen molar-refractivity contribution in [2.24, 2.45) is 0 Å². The van der Waals surface area contributed by atoms with Crippen LogP contribution >= 0.6 is 11.8 Å². The number of thioether (sulfide) groups is 1. The average molecular weight is 321 g/mol. The molecule has 1 aromatic rings. The highest BCUT2D eigenvalue weighted by molar-refractivity contribution is 8.00. The Labute approximate surface area is 135 Å². The highest BCUT2D eigenvalue weighted by Gasteiger charge is 2.38. The third kappa shape index (κ3) is 4.50. The molecule has 1 atom stereocenters. The zero-order valence-electron chi connectivity index (χ0n) is 12.9. The number of carbonyl (C=O) groups excluding carboxylic acids is 1. The SMILES string of the molecule is CCC(Sc1ccccc1)C(=O)NC1(CC(=O)O)CCCC1. The zero-order valence-corrected chi connectivity index (χ0v) is 13.7. The maximum atomic E-state index is 12.6. The molecule has 2 N–H and O–H groups in total. The minimum absolute atomic E-state index is 0.0190. The molecule has 120 valence electrons. The lowest BCUT2D eigenvalue weighted by Crippen LogP contribution is -2.50. The van der Waals surface area contributed by atoms with Gasteiger partial charge in [-0.25, -0.2) is 0 Å². The summed E-state index contributed by atoms with van der Waals surface area (Å²) in [7, 11) is 0. The summed E-state index contributed by atoms with van der Waals surface area (Å²) < 4.78 is 0. The molecule has 5 heteroatoms. The summed E-state index contributed by atoms with van der Waals surface area (Å²) in [5, 5.41) is 12.0. The molecule has 0 saturated heterocycles. The van der Waals surface area contributed by atoms with E-state index in [4.69, 9.17) is 5.11 Å². The highest BCUT2D eigenvalue weighted by atomic mass is 32.2. The Morgan fingerprint density at radius 3 is 2.45 bits per heavy atom. The van der Waals surface area contributed by atoms with E-state index in [2.05, 4.69) is 5.32 Å². The van der Waals surface area contributed by atoms with Gasteiger partial charge < -0.3 is 10.4 Å². The molecule has 0 heterocycles. The van der Waals surface area contributed by atoms with Gasteiger partial charge in [0.15, 0.2) is 0 Å². The van der Waals surface area contributed by atoms with Crippen LogP contribution in [0, 0.1) is 0 Å². The summed E-state index contributed by atoms with van der Waals surface area (Å²) in [6.07, 6.45) is 4.22. The fourth-order valence-corrected chi connectivity index (χ4v) is 3.99. The minimum Gasteiger partial charge on any atom is -0.481 e. The van der Waals surface area contributed by atoms with Crippen LogP contribution in [0.5, 0.6) is 0 Å². The Kier molecular flexibility index (Phi) is 5.89. The lowest BCUT2D eigenvalue weighted by atomic mass is 9.93. The van der Waals surface area contributed by atoms with E-state index in [-0.39, 0.29) is 17.6 Å². The van der Waals surface area contributed by atoms with Gasteiger partial charge in [0, 0.05) is 4.90 Å². The molecular formula is C17H23NO3S. The summed E-state index contributed by atoms with van der Waals surface area (Å²) in [6, 6.07) is 9.84. The van der Waals surface area contributed by atoms with E-state index < -0.39 is 11.5 Å². The van der Waals surface area contributed by atoms with Gasteiger partial charge in [0.2, 0.25) is 5.91 Å². The molecule has 1 saturated carbocycles. The van der Waals surface area contributed by atoms with E-state index >= 15 is 0 Å². The summed E-state index contributed by atoms with van der Waals surface area (Å²) in [6.45, 7) is 1.98. The number of amides is 1. The zero-order chi connectivity index (χ0) is 16.0. The quantitative estimate of drug-likeness (QED) is 0.755. The molecule has 0 bridgehead atoms. The molecule has 1 fully saturated rings. The van der Waals surface area contributed by atoms with Crippen LogP contribution in [0.15, 0.2) is 35.2 Å². The first-order valence-corrected chi connectivity index (χ1v) is 8.68. The second-order valence-electron chi connectivity index (χ2n) is 5.87. The Bertz CT molecular complexity index is 512. The Hall–Kier alpha value is -1.49. The number of hydrogen-bond acceptors (Lipinski definition) is 3. The van der Waals surface area contributed by atoms with Gasteiger partial charge in [0.25, 0.3) is 0 Å². The largest absolute Gasteiger partial charge is 0.481 e. The molecule has 0 spiro atoms. The van der Waals surface area contributed by atoms with Gasteiger partial charge in [-0.3, -0.25) is 9.59 Å². The average Bonchev–Trinajstić information content (AvgIpc) is 2.92. The Morgan fingerprint density at radius 1 is 1.27 bits per heavy atom. The first-order chi connectivity index (χ1) is 10.5. The van der Waals surface area contributed by atoms with Crippen molar-refractivity contribution >= 4 is 23.6 Å². The molecule has 1 amide bonds. The van der Waals surface area contributed by atoms with Gasteiger partial charge in [0.1, 0.15) is 0 Å². The number of hydrogen-bond donors (Lipinski definition) is 2. The minimum atomic E-state index is -0.842. The first kappa shape index (κ1) is 16.9. The predicted molar refractivity (Wildman–Crippen MR) is 88.0 cm³/mol. The van der Waals surface area contributed by atoms with Gasteiger partial charge in [-0.15, -0.1) is 11.8 Å². The standard InChI is InChI=1S/C17H23NO3S/c1-2-14(22-13-8-4-3-5-9-13)16(21)18-17(12-15(19)20)10-6-7-11-17/h3-5,8-9,14H,2,6-7,10-12H2,1H3,(H,18,21)(H,19,20). The molecule has 22 heavy (non-hydrogen) atoms. The topological polar surface area (TPSA) is 66.4 Å². The van der Waals surface area contributed by atoms with Gasteiger partial charge >= 0.3 is 5.97 Å². The van der Waals surface area contributed by atoms with E-state index in [1.165, 1.54) is 11.8 Å². The normalized spacial score (nSPS) is 17.9. The number of benzene rings is 1. The molecule has 4 nitrogen and oxygen atoms in total. The maximum Gasteiger partial charge on any atom is 0.305 e. The number of carbonyl (C=O) groups is 2. The molecule has 0 aromatic heterocycles. The fourth-order valence-electron chi connectivity index (χ4n) is 3.01. The van der Waals surface area contributed by atoms with Crippen LogP contribution in [0.4, 0.5) is 0 Å². The lowest BCUT2D eigenvalue weighted by molar-refractivity contribution is -0.139. The lowest BCUT2D eigenvalue weighted by Gasteiger charge is -2.30. The summed E-state index contributed by atoms with van der Waals surface area (Å²) >= 11 is 1.54. The van der Waals surface area contributed by atoms with Crippen molar-refractivity contribution in [2.75, 3.05) is 0 Å². The first-order valence-electron chi connectivity index (χ1n) is 7.80. The van der Waals surface area contributed by atoms with E-state index in [1.54, 1.807) is 0 Å². The third-order valence-electron chi connectivity index (χ3n) is 4.12. The third-order valence-corrected chi connectivity index (χ3v) is 5.50. The van der Waals surface area contributed by atoms with Crippen LogP contribution in [0.1, 0.15) is 45.4 Å². The van der Waals surface area contributed by atoms with E-state index in [0.29, 0.717) is 6.42 Å². The fraction of sp³-hybridized carbons (Fsp3) is 0.529. The molecule has 1 aromatic carbocycles. The molecule has 0 radical (unpaired) electrons. The van der Waals surface area contributed by atoms with Crippen molar-refractivity contribution in [3.8, 4) is 0 Å². The Balaban J connectivity index is 2.03. The van der Waals surface area contributed by atoms with Gasteiger partial charge in [0.05, 0.1) is 17.2 Å². The van der Waals surface area contributed by atoms with Crippen molar-refractivity contribution < 1.29 is 14.7 Å². The van der Waals surface area contributed by atoms with Crippen LogP contribution in [-0.4, -0.2) is 27.8 Å². The highest BCUT2D eigenvalue weighted by Crippen LogP contribution is 2.34. The van der Waals surface area contributed by atoms with Crippen molar-refractivity contribution in [1.82, 2.24) is 5.32 Å². The van der Waals surface area contributed by atoms with E-state index in [1.807, 2.05) is 37.3 Å². The molecule has 0 aliphatic heterocycles. The van der Waals surface area contributed by atoms with Crippen molar-refractivity contribution in [3.63, 3.8) is 0 Å². The van der Waals surface area contributed by atoms with Gasteiger partial charge in [-0.1, -0.05) is 38.0 Å². The van der Waals surface area contributed by atoms with Crippen molar-refractivity contribution in [1.29, 1.82) is 0 Å². The van der Waals surface area contributed by atoms with Crippen LogP contribution < -0.4 is 5.32 Å². The van der Waals surface area contributed by atoms with Crippen LogP contribution in [0.2, 0.25) is 0 Å². The number of aliphatic carboxylic acids is 1. The second kappa shape index (κ2) is 7.68. The van der Waals surface area contributed by atoms with Crippen molar-refractivity contribution in [3.05, 3.63) is 30.3 Å². The molecule has 2 rings (SSSR count). The number of nitrogens with one attached hydrogen (secondary N) is 1. The number of carboxylic acid groups (broad SMARTS) is 1. The number of carboxylic acids is 1. The molecule has 1 aliphatic carbocycles. The Morgan fingerprint density at radius 2 is 1.91 bits per heavy atom. The summed E-state index contributed by atoms with van der Waals surface area (Å²) in [4.78, 5) is 24.8. The van der Waals surface area contributed by atoms with Crippen molar-refractivity contribution in [2.45, 2.75) is 61.1 Å². The van der Waals surface area contributed by atoms with Gasteiger partial charge in [-0.05, 0) is 31.4 Å². The van der Waals surface area contributed by atoms with Crippen LogP contribution in [0.25, 0.3) is 0 Å². The molecular weight excluding hydrogens is 298 g/mol.